The summed E-state index contributed by atoms with van der Waals surface area (Å²) in [4.78, 5) is 10.2. The maximum atomic E-state index is 13.0. The molecule has 1 atom stereocenters. The minimum Gasteiger partial charge on any atom is -0.488 e. The zero-order valence-electron chi connectivity index (χ0n) is 17.4. The zero-order valence-corrected chi connectivity index (χ0v) is 17.4. The molecule has 0 aromatic carbocycles. The summed E-state index contributed by atoms with van der Waals surface area (Å²) in [5.74, 6) is 1.13. The summed E-state index contributed by atoms with van der Waals surface area (Å²) < 4.78 is 22.7. The van der Waals surface area contributed by atoms with Gasteiger partial charge >= 0.3 is 0 Å². The number of pyridine rings is 1. The van der Waals surface area contributed by atoms with Crippen LogP contribution in [-0.2, 0) is 7.05 Å². The van der Waals surface area contributed by atoms with Gasteiger partial charge in [0.05, 0.1) is 24.1 Å². The van der Waals surface area contributed by atoms with E-state index in [1.807, 2.05) is 36.1 Å². The Bertz CT molecular complexity index is 1200. The van der Waals surface area contributed by atoms with Gasteiger partial charge in [-0.25, -0.2) is 18.9 Å². The molecule has 1 N–H and O–H groups in total. The predicted octanol–water partition coefficient (Wildman–Crippen LogP) is 2.88. The first kappa shape index (κ1) is 19.4. The molecule has 1 aliphatic heterocycles. The molecule has 0 amide bonds. The summed E-state index contributed by atoms with van der Waals surface area (Å²) in [5.41, 5.74) is 2.78. The number of rotatable bonds is 7. The smallest absolute Gasteiger partial charge is 0.228 e. The van der Waals surface area contributed by atoms with Crippen LogP contribution >= 0.6 is 0 Å². The normalized spacial score (nSPS) is 16.4. The van der Waals surface area contributed by atoms with Crippen molar-refractivity contribution in [1.29, 1.82) is 0 Å². The lowest BCUT2D eigenvalue weighted by atomic mass is 10.0. The molecular weight excluding hydrogens is 399 g/mol. The SMILES string of the molecule is CCN1CC[C@@H]1COc1cnn(C)c1-c1ccn2nc(Nc3ncc(F)cn3)cc2c1. The molecule has 0 bridgehead atoms. The third-order valence-electron chi connectivity index (χ3n) is 5.61. The van der Waals surface area contributed by atoms with Crippen LogP contribution in [0.25, 0.3) is 16.8 Å². The number of likely N-dealkylation sites (N-methyl/N-ethyl adjacent to an activating group) is 1. The van der Waals surface area contributed by atoms with Crippen molar-refractivity contribution in [3.8, 4) is 17.0 Å². The number of nitrogens with zero attached hydrogens (tertiary/aromatic N) is 7. The minimum atomic E-state index is -0.487. The van der Waals surface area contributed by atoms with Crippen LogP contribution in [0.15, 0.2) is 43.0 Å². The topological polar surface area (TPSA) is 85.4 Å². The van der Waals surface area contributed by atoms with E-state index in [2.05, 4.69) is 37.3 Å². The Kier molecular flexibility index (Phi) is 4.99. The van der Waals surface area contributed by atoms with Crippen molar-refractivity contribution in [3.05, 3.63) is 48.8 Å². The molecule has 4 aromatic rings. The van der Waals surface area contributed by atoms with Crippen molar-refractivity contribution >= 4 is 17.3 Å². The number of halogens is 1. The average molecular weight is 422 g/mol. The number of aromatic nitrogens is 6. The number of nitrogens with one attached hydrogen (secondary N) is 1. The average Bonchev–Trinajstić information content (AvgIpc) is 3.31. The van der Waals surface area contributed by atoms with Crippen LogP contribution in [-0.4, -0.2) is 60.0 Å². The Morgan fingerprint density at radius 2 is 2.06 bits per heavy atom. The van der Waals surface area contributed by atoms with Crippen molar-refractivity contribution in [2.24, 2.45) is 7.05 Å². The number of likely N-dealkylation sites (tertiary alicyclic amines) is 1. The van der Waals surface area contributed by atoms with Crippen molar-refractivity contribution in [1.82, 2.24) is 34.3 Å². The van der Waals surface area contributed by atoms with Gasteiger partial charge < -0.3 is 10.1 Å². The molecule has 9 nitrogen and oxygen atoms in total. The quantitative estimate of drug-likeness (QED) is 0.490. The lowest BCUT2D eigenvalue weighted by molar-refractivity contribution is 0.0563. The number of hydrogen-bond acceptors (Lipinski definition) is 7. The van der Waals surface area contributed by atoms with Gasteiger partial charge in [0.15, 0.2) is 17.4 Å². The maximum absolute atomic E-state index is 13.0. The van der Waals surface area contributed by atoms with E-state index in [0.717, 1.165) is 48.0 Å². The number of aryl methyl sites for hydroxylation is 1. The molecule has 5 heterocycles. The van der Waals surface area contributed by atoms with Crippen LogP contribution < -0.4 is 10.1 Å². The van der Waals surface area contributed by atoms with Gasteiger partial charge in [-0.1, -0.05) is 6.92 Å². The van der Waals surface area contributed by atoms with Gasteiger partial charge in [-0.15, -0.1) is 0 Å². The van der Waals surface area contributed by atoms with Crippen LogP contribution in [0.4, 0.5) is 16.2 Å². The Hall–Kier alpha value is -3.53. The van der Waals surface area contributed by atoms with Gasteiger partial charge in [0, 0.05) is 37.5 Å². The van der Waals surface area contributed by atoms with E-state index in [1.165, 1.54) is 6.42 Å². The van der Waals surface area contributed by atoms with E-state index in [1.54, 1.807) is 10.7 Å². The highest BCUT2D eigenvalue weighted by Crippen LogP contribution is 2.31. The number of fused-ring (bicyclic) bond motifs is 1. The van der Waals surface area contributed by atoms with Crippen LogP contribution in [0.1, 0.15) is 13.3 Å². The lowest BCUT2D eigenvalue weighted by Gasteiger charge is -2.39. The second-order valence-electron chi connectivity index (χ2n) is 7.53. The van der Waals surface area contributed by atoms with Gasteiger partial charge in [0.25, 0.3) is 0 Å². The molecule has 1 saturated heterocycles. The third kappa shape index (κ3) is 3.81. The van der Waals surface area contributed by atoms with Crippen molar-refractivity contribution < 1.29 is 9.13 Å². The van der Waals surface area contributed by atoms with E-state index >= 15 is 0 Å². The molecule has 5 rings (SSSR count). The van der Waals surface area contributed by atoms with Crippen LogP contribution in [0, 0.1) is 5.82 Å². The molecule has 0 unspecified atom stereocenters. The summed E-state index contributed by atoms with van der Waals surface area (Å²) in [7, 11) is 1.91. The fraction of sp³-hybridized carbons (Fsp3) is 0.333. The molecule has 1 fully saturated rings. The third-order valence-corrected chi connectivity index (χ3v) is 5.61. The number of ether oxygens (including phenoxy) is 1. The molecule has 160 valence electrons. The summed E-state index contributed by atoms with van der Waals surface area (Å²) >= 11 is 0. The van der Waals surface area contributed by atoms with Crippen LogP contribution in [0.3, 0.4) is 0 Å². The van der Waals surface area contributed by atoms with E-state index in [0.29, 0.717) is 18.5 Å². The summed E-state index contributed by atoms with van der Waals surface area (Å²) in [5, 5.41) is 11.8. The Balaban J connectivity index is 1.38. The minimum absolute atomic E-state index is 0.282. The Morgan fingerprint density at radius 3 is 2.81 bits per heavy atom. The van der Waals surface area contributed by atoms with Gasteiger partial charge in [-0.2, -0.15) is 10.2 Å². The monoisotopic (exact) mass is 422 g/mol. The first-order valence-corrected chi connectivity index (χ1v) is 10.2. The van der Waals surface area contributed by atoms with E-state index in [-0.39, 0.29) is 5.95 Å². The predicted molar refractivity (Wildman–Crippen MR) is 114 cm³/mol. The molecule has 1 aliphatic rings. The molecule has 0 saturated carbocycles. The summed E-state index contributed by atoms with van der Waals surface area (Å²) in [6.07, 6.45) is 7.03. The summed E-state index contributed by atoms with van der Waals surface area (Å²) in [6.45, 7) is 5.02. The lowest BCUT2D eigenvalue weighted by Crippen LogP contribution is -2.50. The van der Waals surface area contributed by atoms with Crippen LogP contribution in [0.2, 0.25) is 0 Å². The maximum Gasteiger partial charge on any atom is 0.228 e. The first-order valence-electron chi connectivity index (χ1n) is 10.2. The largest absolute Gasteiger partial charge is 0.488 e. The molecule has 4 aromatic heterocycles. The van der Waals surface area contributed by atoms with E-state index < -0.39 is 5.82 Å². The standard InChI is InChI=1S/C21H23FN8O/c1-3-29-6-5-16(29)13-31-18-12-25-28(2)20(18)14-4-7-30-17(8-14)9-19(27-30)26-21-23-10-15(22)11-24-21/h4,7-12,16H,3,5-6,13H2,1-2H3,(H,23,24,26,27)/t16-/m1/s1. The Morgan fingerprint density at radius 1 is 1.23 bits per heavy atom. The molecule has 10 heteroatoms. The van der Waals surface area contributed by atoms with Crippen LogP contribution in [0.5, 0.6) is 5.75 Å². The van der Waals surface area contributed by atoms with Crippen molar-refractivity contribution in [2.45, 2.75) is 19.4 Å². The van der Waals surface area contributed by atoms with Crippen molar-refractivity contribution in [2.75, 3.05) is 25.0 Å². The van der Waals surface area contributed by atoms with E-state index in [9.17, 15) is 4.39 Å². The molecular formula is C21H23FN8O. The zero-order chi connectivity index (χ0) is 21.4. The highest BCUT2D eigenvalue weighted by molar-refractivity contribution is 5.72. The molecule has 0 radical (unpaired) electrons. The molecule has 31 heavy (non-hydrogen) atoms. The molecule has 0 spiro atoms. The Labute approximate surface area is 178 Å². The highest BCUT2D eigenvalue weighted by atomic mass is 19.1. The highest BCUT2D eigenvalue weighted by Gasteiger charge is 2.27. The van der Waals surface area contributed by atoms with E-state index in [4.69, 9.17) is 4.74 Å². The number of hydrogen-bond donors (Lipinski definition) is 1. The second kappa shape index (κ2) is 7.95. The van der Waals surface area contributed by atoms with Gasteiger partial charge in [0.1, 0.15) is 12.3 Å². The summed E-state index contributed by atoms with van der Waals surface area (Å²) in [6, 6.07) is 6.34. The van der Waals surface area contributed by atoms with Gasteiger partial charge in [-0.3, -0.25) is 9.58 Å². The van der Waals surface area contributed by atoms with Crippen molar-refractivity contribution in [3.63, 3.8) is 0 Å². The molecule has 0 aliphatic carbocycles. The second-order valence-corrected chi connectivity index (χ2v) is 7.53. The van der Waals surface area contributed by atoms with Gasteiger partial charge in [0.2, 0.25) is 5.95 Å². The van der Waals surface area contributed by atoms with Gasteiger partial charge in [-0.05, 0) is 25.1 Å². The number of anilines is 2. The fourth-order valence-corrected chi connectivity index (χ4v) is 3.83. The fourth-order valence-electron chi connectivity index (χ4n) is 3.83. The first-order chi connectivity index (χ1) is 15.1.